The van der Waals surface area contributed by atoms with Crippen LogP contribution in [0.25, 0.3) is 22.2 Å². The third kappa shape index (κ3) is 9.14. The predicted octanol–water partition coefficient (Wildman–Crippen LogP) is 5.99. The highest BCUT2D eigenvalue weighted by molar-refractivity contribution is 7.14. The molecular formula is C42H48N6O10S. The van der Waals surface area contributed by atoms with Gasteiger partial charge in [0.05, 0.1) is 29.9 Å². The van der Waals surface area contributed by atoms with E-state index in [9.17, 15) is 24.0 Å². The molecule has 16 nitrogen and oxygen atoms in total. The SMILES string of the molecule is COc1ccc2c(OC3C[C@@H](C(=O)NC4(C(=O)NC(=O)Nc5cccs5)CCC4)N(C(=O)[C@@H](NC(=O)OC(C)(C)C)C(C)C)C3)cc(-c3ccc4c(c3)OCO4)nc2c1. The molecule has 4 heterocycles. The predicted molar refractivity (Wildman–Crippen MR) is 219 cm³/mol. The number of ether oxygens (including phenoxy) is 5. The minimum atomic E-state index is -1.37. The van der Waals surface area contributed by atoms with Gasteiger partial charge in [-0.15, -0.1) is 11.3 Å². The molecule has 2 aliphatic heterocycles. The lowest BCUT2D eigenvalue weighted by Crippen LogP contribution is -2.66. The normalized spacial score (nSPS) is 18.4. The second-order valence-corrected chi connectivity index (χ2v) is 17.1. The second-order valence-electron chi connectivity index (χ2n) is 16.1. The van der Waals surface area contributed by atoms with E-state index in [1.165, 1.54) is 16.2 Å². The number of fused-ring (bicyclic) bond motifs is 2. The largest absolute Gasteiger partial charge is 0.497 e. The molecule has 4 N–H and O–H groups in total. The standard InChI is InChI=1S/C42H48N6O10S/c1-23(2)35(45-40(53)58-41(3,4)5)37(50)48-21-26(19-30(48)36(49)47-42(14-8-15-42)38(51)46-39(52)44-34-9-7-16-59-34)57-32-20-28(24-10-13-31-33(17-24)56-22-55-31)43-29-18-25(54-6)11-12-27(29)32/h7,9-13,16-18,20,23,26,30,35H,8,14-15,19,21-22H2,1-6H3,(H,45,53)(H,47,49)(H2,44,46,51,52)/t26?,30-,35-/m0/s1. The summed E-state index contributed by atoms with van der Waals surface area (Å²) >= 11 is 1.30. The van der Waals surface area contributed by atoms with Gasteiger partial charge in [-0.05, 0) is 93.8 Å². The van der Waals surface area contributed by atoms with Crippen LogP contribution in [0.4, 0.5) is 14.6 Å². The summed E-state index contributed by atoms with van der Waals surface area (Å²) in [5.41, 5.74) is -0.299. The summed E-state index contributed by atoms with van der Waals surface area (Å²) in [7, 11) is 1.56. The second kappa shape index (κ2) is 16.6. The number of nitrogens with one attached hydrogen (secondary N) is 4. The number of rotatable bonds is 11. The number of amides is 6. The third-order valence-corrected chi connectivity index (χ3v) is 11.2. The van der Waals surface area contributed by atoms with Gasteiger partial charge in [-0.3, -0.25) is 25.0 Å². The first-order chi connectivity index (χ1) is 28.1. The Kier molecular flexibility index (Phi) is 11.6. The summed E-state index contributed by atoms with van der Waals surface area (Å²) in [4.78, 5) is 74.6. The number of alkyl carbamates (subject to hydrolysis) is 1. The Morgan fingerprint density at radius 3 is 2.46 bits per heavy atom. The Hall–Kier alpha value is -6.10. The fraction of sp³-hybridized carbons (Fsp3) is 0.429. The number of benzene rings is 2. The van der Waals surface area contributed by atoms with Crippen molar-refractivity contribution in [3.8, 4) is 34.3 Å². The number of carbonyl (C=O) groups excluding carboxylic acids is 5. The Bertz CT molecular complexity index is 2250. The maximum absolute atomic E-state index is 14.5. The van der Waals surface area contributed by atoms with Gasteiger partial charge in [0.25, 0.3) is 5.91 Å². The van der Waals surface area contributed by atoms with E-state index in [1.807, 2.05) is 18.2 Å². The first kappa shape index (κ1) is 41.1. The number of hydrogen-bond donors (Lipinski definition) is 4. The summed E-state index contributed by atoms with van der Waals surface area (Å²) in [5, 5.41) is 13.6. The van der Waals surface area contributed by atoms with E-state index < -0.39 is 65.1 Å². The van der Waals surface area contributed by atoms with E-state index in [0.717, 1.165) is 5.56 Å². The highest BCUT2D eigenvalue weighted by atomic mass is 32.1. The highest BCUT2D eigenvalue weighted by Gasteiger charge is 2.50. The average molecular weight is 829 g/mol. The number of methoxy groups -OCH3 is 1. The minimum Gasteiger partial charge on any atom is -0.497 e. The number of urea groups is 1. The maximum atomic E-state index is 14.5. The molecular weight excluding hydrogens is 781 g/mol. The summed E-state index contributed by atoms with van der Waals surface area (Å²) in [5.74, 6) is 0.0661. The van der Waals surface area contributed by atoms with Gasteiger partial charge in [-0.1, -0.05) is 13.8 Å². The number of carbonyl (C=O) groups is 5. The number of nitrogens with zero attached hydrogens (tertiary/aromatic N) is 2. The lowest BCUT2D eigenvalue weighted by atomic mass is 9.75. The Balaban J connectivity index is 1.18. The van der Waals surface area contributed by atoms with Crippen LogP contribution in [0.1, 0.15) is 60.3 Å². The van der Waals surface area contributed by atoms with Crippen LogP contribution >= 0.6 is 11.3 Å². The topological polar surface area (TPSA) is 196 Å². The van der Waals surface area contributed by atoms with Crippen LogP contribution in [-0.2, 0) is 19.1 Å². The van der Waals surface area contributed by atoms with Gasteiger partial charge in [0.15, 0.2) is 11.5 Å². The zero-order chi connectivity index (χ0) is 42.1. The fourth-order valence-corrected chi connectivity index (χ4v) is 7.87. The summed E-state index contributed by atoms with van der Waals surface area (Å²) in [6.45, 7) is 8.80. The fourth-order valence-electron chi connectivity index (χ4n) is 7.26. The van der Waals surface area contributed by atoms with Crippen LogP contribution in [0, 0.1) is 5.92 Å². The Labute approximate surface area is 345 Å². The molecule has 312 valence electrons. The van der Waals surface area contributed by atoms with Crippen LogP contribution in [0.5, 0.6) is 23.0 Å². The van der Waals surface area contributed by atoms with E-state index in [-0.39, 0.29) is 19.8 Å². The molecule has 0 bridgehead atoms. The van der Waals surface area contributed by atoms with Crippen LogP contribution in [-0.4, -0.2) is 89.5 Å². The third-order valence-electron chi connectivity index (χ3n) is 10.4. The molecule has 59 heavy (non-hydrogen) atoms. The molecule has 0 radical (unpaired) electrons. The smallest absolute Gasteiger partial charge is 0.408 e. The summed E-state index contributed by atoms with van der Waals surface area (Å²) in [6.07, 6.45) is -0.226. The first-order valence-corrected chi connectivity index (χ1v) is 20.3. The molecule has 3 atom stereocenters. The van der Waals surface area contributed by atoms with Gasteiger partial charge in [0, 0.05) is 29.5 Å². The number of aromatic nitrogens is 1. The van der Waals surface area contributed by atoms with E-state index in [1.54, 1.807) is 83.5 Å². The van der Waals surface area contributed by atoms with Crippen molar-refractivity contribution < 1.29 is 47.7 Å². The molecule has 1 unspecified atom stereocenters. The van der Waals surface area contributed by atoms with Crippen LogP contribution in [0.2, 0.25) is 0 Å². The van der Waals surface area contributed by atoms with Gasteiger partial charge >= 0.3 is 12.1 Å². The van der Waals surface area contributed by atoms with Crippen molar-refractivity contribution in [3.63, 3.8) is 0 Å². The van der Waals surface area contributed by atoms with Gasteiger partial charge in [-0.2, -0.15) is 0 Å². The van der Waals surface area contributed by atoms with Crippen molar-refractivity contribution >= 4 is 57.1 Å². The van der Waals surface area contributed by atoms with E-state index >= 15 is 0 Å². The monoisotopic (exact) mass is 828 g/mol. The number of pyridine rings is 1. The zero-order valence-electron chi connectivity index (χ0n) is 33.7. The molecule has 1 aliphatic carbocycles. The molecule has 0 spiro atoms. The first-order valence-electron chi connectivity index (χ1n) is 19.4. The van der Waals surface area contributed by atoms with Crippen molar-refractivity contribution in [1.29, 1.82) is 0 Å². The van der Waals surface area contributed by atoms with Crippen molar-refractivity contribution in [1.82, 2.24) is 25.8 Å². The highest BCUT2D eigenvalue weighted by Crippen LogP contribution is 2.39. The average Bonchev–Trinajstić information content (AvgIpc) is 3.95. The molecule has 1 saturated carbocycles. The van der Waals surface area contributed by atoms with Gasteiger partial charge in [0.2, 0.25) is 18.6 Å². The zero-order valence-corrected chi connectivity index (χ0v) is 34.5. The molecule has 2 aromatic heterocycles. The molecule has 3 aliphatic rings. The Morgan fingerprint density at radius 2 is 1.78 bits per heavy atom. The molecule has 2 fully saturated rings. The Morgan fingerprint density at radius 1 is 1.00 bits per heavy atom. The molecule has 1 saturated heterocycles. The van der Waals surface area contributed by atoms with E-state index in [4.69, 9.17) is 28.7 Å². The van der Waals surface area contributed by atoms with Crippen LogP contribution < -0.4 is 40.2 Å². The molecule has 7 rings (SSSR count). The van der Waals surface area contributed by atoms with E-state index in [2.05, 4.69) is 21.3 Å². The lowest BCUT2D eigenvalue weighted by Gasteiger charge is -2.41. The molecule has 4 aromatic rings. The number of hydrogen-bond acceptors (Lipinski definition) is 12. The summed E-state index contributed by atoms with van der Waals surface area (Å²) in [6, 6.07) is 13.3. The summed E-state index contributed by atoms with van der Waals surface area (Å²) < 4.78 is 28.8. The number of anilines is 1. The van der Waals surface area contributed by atoms with Crippen molar-refractivity contribution in [2.24, 2.45) is 5.92 Å². The van der Waals surface area contributed by atoms with Crippen molar-refractivity contribution in [2.45, 2.75) is 89.6 Å². The van der Waals surface area contributed by atoms with Gasteiger partial charge < -0.3 is 39.2 Å². The maximum Gasteiger partial charge on any atom is 0.408 e. The van der Waals surface area contributed by atoms with Crippen molar-refractivity contribution in [3.05, 3.63) is 60.0 Å². The molecule has 17 heteroatoms. The van der Waals surface area contributed by atoms with Crippen LogP contribution in [0.15, 0.2) is 60.0 Å². The lowest BCUT2D eigenvalue weighted by molar-refractivity contribution is -0.144. The van der Waals surface area contributed by atoms with Crippen molar-refractivity contribution in [2.75, 3.05) is 25.8 Å². The van der Waals surface area contributed by atoms with Crippen LogP contribution in [0.3, 0.4) is 0 Å². The molecule has 2 aromatic carbocycles. The number of likely N-dealkylation sites (tertiary alicyclic amines) is 1. The van der Waals surface area contributed by atoms with Gasteiger partial charge in [-0.25, -0.2) is 14.6 Å². The number of imide groups is 1. The van der Waals surface area contributed by atoms with E-state index in [0.29, 0.717) is 63.9 Å². The van der Waals surface area contributed by atoms with Gasteiger partial charge in [0.1, 0.15) is 40.8 Å². The quantitative estimate of drug-likeness (QED) is 0.139. The number of thiophene rings is 1. The molecule has 6 amide bonds. The minimum absolute atomic E-state index is 0.0299.